The summed E-state index contributed by atoms with van der Waals surface area (Å²) >= 11 is 1.42. The Hall–Kier alpha value is -2.60. The van der Waals surface area contributed by atoms with Crippen molar-refractivity contribution in [3.63, 3.8) is 0 Å². The van der Waals surface area contributed by atoms with E-state index < -0.39 is 0 Å². The molecule has 0 bridgehead atoms. The van der Waals surface area contributed by atoms with Crippen LogP contribution in [-0.4, -0.2) is 25.1 Å². The Morgan fingerprint density at radius 3 is 2.92 bits per heavy atom. The molecule has 0 saturated heterocycles. The highest BCUT2D eigenvalue weighted by molar-refractivity contribution is 8.04. The van der Waals surface area contributed by atoms with Crippen molar-refractivity contribution >= 4 is 29.4 Å². The van der Waals surface area contributed by atoms with Crippen LogP contribution in [0.5, 0.6) is 0 Å². The van der Waals surface area contributed by atoms with Gasteiger partial charge in [0.05, 0.1) is 12.0 Å². The number of carbonyl (C=O) groups is 1. The average molecular weight is 343 g/mol. The molecule has 6 heteroatoms. The molecule has 0 aliphatic carbocycles. The summed E-state index contributed by atoms with van der Waals surface area (Å²) in [5, 5.41) is 2.85. The van der Waals surface area contributed by atoms with Gasteiger partial charge in [-0.15, -0.1) is 0 Å². The van der Waals surface area contributed by atoms with Crippen LogP contribution in [0, 0.1) is 0 Å². The molecule has 2 rings (SSSR count). The fourth-order valence-corrected chi connectivity index (χ4v) is 2.94. The maximum absolute atomic E-state index is 11.6. The Kier molecular flexibility index (Phi) is 6.14. The fraction of sp³-hybridized carbons (Fsp3) is 0.167. The SMILES string of the molecule is C=C/C=C\C(SNc1ccc2c(c1)CN(C)C(=O)N2)=C(/C=C)OC. The van der Waals surface area contributed by atoms with Gasteiger partial charge in [-0.1, -0.05) is 25.3 Å². The van der Waals surface area contributed by atoms with Gasteiger partial charge in [0.2, 0.25) is 0 Å². The summed E-state index contributed by atoms with van der Waals surface area (Å²) in [4.78, 5) is 14.2. The van der Waals surface area contributed by atoms with E-state index in [0.29, 0.717) is 12.3 Å². The van der Waals surface area contributed by atoms with E-state index in [1.54, 1.807) is 31.2 Å². The minimum absolute atomic E-state index is 0.0897. The fourth-order valence-electron chi connectivity index (χ4n) is 2.17. The smallest absolute Gasteiger partial charge is 0.321 e. The maximum atomic E-state index is 11.6. The van der Waals surface area contributed by atoms with E-state index in [4.69, 9.17) is 4.74 Å². The Labute approximate surface area is 146 Å². The number of urea groups is 1. The number of methoxy groups -OCH3 is 1. The number of amides is 2. The summed E-state index contributed by atoms with van der Waals surface area (Å²) in [5.74, 6) is 0.676. The molecule has 5 nitrogen and oxygen atoms in total. The first-order valence-corrected chi connectivity index (χ1v) is 8.18. The zero-order valence-electron chi connectivity index (χ0n) is 13.8. The van der Waals surface area contributed by atoms with Crippen molar-refractivity contribution in [3.05, 3.63) is 71.9 Å². The van der Waals surface area contributed by atoms with Crippen molar-refractivity contribution < 1.29 is 9.53 Å². The zero-order chi connectivity index (χ0) is 17.5. The zero-order valence-corrected chi connectivity index (χ0v) is 14.7. The monoisotopic (exact) mass is 343 g/mol. The Morgan fingerprint density at radius 2 is 2.25 bits per heavy atom. The highest BCUT2D eigenvalue weighted by atomic mass is 32.2. The molecule has 0 fully saturated rings. The lowest BCUT2D eigenvalue weighted by Gasteiger charge is -2.26. The molecule has 0 atom stereocenters. The van der Waals surface area contributed by atoms with Gasteiger partial charge in [-0.2, -0.15) is 0 Å². The maximum Gasteiger partial charge on any atom is 0.321 e. The summed E-state index contributed by atoms with van der Waals surface area (Å²) in [6.07, 6.45) is 7.10. The number of ether oxygens (including phenoxy) is 1. The van der Waals surface area contributed by atoms with Crippen molar-refractivity contribution in [2.75, 3.05) is 24.2 Å². The Balaban J connectivity index is 2.16. The quantitative estimate of drug-likeness (QED) is 0.434. The van der Waals surface area contributed by atoms with Gasteiger partial charge in [0.25, 0.3) is 0 Å². The number of nitrogens with one attached hydrogen (secondary N) is 2. The lowest BCUT2D eigenvalue weighted by atomic mass is 10.1. The van der Waals surface area contributed by atoms with Crippen LogP contribution in [0.15, 0.2) is 66.3 Å². The molecule has 0 radical (unpaired) electrons. The Bertz CT molecular complexity index is 710. The molecule has 2 N–H and O–H groups in total. The normalized spacial score (nSPS) is 14.6. The van der Waals surface area contributed by atoms with E-state index in [0.717, 1.165) is 21.8 Å². The van der Waals surface area contributed by atoms with Crippen LogP contribution in [0.2, 0.25) is 0 Å². The highest BCUT2D eigenvalue weighted by Crippen LogP contribution is 2.29. The van der Waals surface area contributed by atoms with Gasteiger partial charge in [0.15, 0.2) is 0 Å². The number of hydrogen-bond acceptors (Lipinski definition) is 4. The van der Waals surface area contributed by atoms with E-state index >= 15 is 0 Å². The van der Waals surface area contributed by atoms with Gasteiger partial charge in [-0.25, -0.2) is 4.79 Å². The number of benzene rings is 1. The second kappa shape index (κ2) is 8.31. The van der Waals surface area contributed by atoms with Crippen molar-refractivity contribution in [1.82, 2.24) is 4.90 Å². The van der Waals surface area contributed by atoms with Crippen molar-refractivity contribution in [2.24, 2.45) is 0 Å². The first-order valence-electron chi connectivity index (χ1n) is 7.36. The van der Waals surface area contributed by atoms with Crippen LogP contribution in [0.25, 0.3) is 0 Å². The average Bonchev–Trinajstić information content (AvgIpc) is 2.58. The molecule has 126 valence electrons. The third-order valence-electron chi connectivity index (χ3n) is 3.41. The number of rotatable bonds is 7. The molecule has 1 aromatic carbocycles. The summed E-state index contributed by atoms with van der Waals surface area (Å²) in [6, 6.07) is 5.75. The number of nitrogens with zero attached hydrogens (tertiary/aromatic N) is 1. The summed E-state index contributed by atoms with van der Waals surface area (Å²) < 4.78 is 8.62. The summed E-state index contributed by atoms with van der Waals surface area (Å²) in [6.45, 7) is 8.02. The number of hydrogen-bond donors (Lipinski definition) is 2. The van der Waals surface area contributed by atoms with Crippen molar-refractivity contribution in [1.29, 1.82) is 0 Å². The van der Waals surface area contributed by atoms with Crippen LogP contribution in [0.1, 0.15) is 5.56 Å². The van der Waals surface area contributed by atoms with Gasteiger partial charge in [-0.05, 0) is 47.9 Å². The molecule has 0 saturated carbocycles. The first-order chi connectivity index (χ1) is 11.6. The standard InChI is InChI=1S/C18H21N3O2S/c1-5-7-8-17(16(6-2)23-4)24-20-14-9-10-15-13(11-14)12-21(3)18(22)19-15/h5-11,20H,1-2,12H2,3-4H3,(H,19,22)/b8-7-,17-16-. The predicted molar refractivity (Wildman–Crippen MR) is 102 cm³/mol. The number of anilines is 2. The van der Waals surface area contributed by atoms with E-state index in [9.17, 15) is 4.79 Å². The third kappa shape index (κ3) is 4.23. The number of fused-ring (bicyclic) bond motifs is 1. The van der Waals surface area contributed by atoms with E-state index in [-0.39, 0.29) is 6.03 Å². The molecular weight excluding hydrogens is 322 g/mol. The number of carbonyl (C=O) groups excluding carboxylic acids is 1. The topological polar surface area (TPSA) is 53.6 Å². The molecule has 0 aromatic heterocycles. The van der Waals surface area contributed by atoms with Crippen molar-refractivity contribution in [2.45, 2.75) is 6.54 Å². The van der Waals surface area contributed by atoms with E-state index in [2.05, 4.69) is 23.2 Å². The van der Waals surface area contributed by atoms with Gasteiger partial charge >= 0.3 is 6.03 Å². The van der Waals surface area contributed by atoms with Gasteiger partial charge in [0.1, 0.15) is 5.76 Å². The second-order valence-corrected chi connectivity index (χ2v) is 5.94. The molecule has 0 unspecified atom stereocenters. The number of allylic oxidation sites excluding steroid dienone is 4. The molecule has 1 aliphatic rings. The summed E-state index contributed by atoms with van der Waals surface area (Å²) in [7, 11) is 3.37. The Morgan fingerprint density at radius 1 is 1.46 bits per heavy atom. The van der Waals surface area contributed by atoms with E-state index in [1.165, 1.54) is 11.9 Å². The lowest BCUT2D eigenvalue weighted by Crippen LogP contribution is -2.35. The van der Waals surface area contributed by atoms with Gasteiger partial charge in [-0.3, -0.25) is 0 Å². The lowest BCUT2D eigenvalue weighted by molar-refractivity contribution is 0.218. The van der Waals surface area contributed by atoms with Crippen molar-refractivity contribution in [3.8, 4) is 0 Å². The molecule has 1 aromatic rings. The van der Waals surface area contributed by atoms with Crippen LogP contribution in [-0.2, 0) is 11.3 Å². The van der Waals surface area contributed by atoms with E-state index in [1.807, 2.05) is 30.4 Å². The highest BCUT2D eigenvalue weighted by Gasteiger charge is 2.19. The summed E-state index contributed by atoms with van der Waals surface area (Å²) in [5.41, 5.74) is 2.84. The molecule has 1 aliphatic heterocycles. The van der Waals surface area contributed by atoms with Gasteiger partial charge in [0, 0.05) is 25.0 Å². The third-order valence-corrected chi connectivity index (χ3v) is 4.31. The largest absolute Gasteiger partial charge is 0.496 e. The predicted octanol–water partition coefficient (Wildman–Crippen LogP) is 4.51. The minimum atomic E-state index is -0.0897. The van der Waals surface area contributed by atoms with Crippen LogP contribution >= 0.6 is 11.9 Å². The second-order valence-electron chi connectivity index (χ2n) is 5.09. The van der Waals surface area contributed by atoms with Crippen LogP contribution in [0.3, 0.4) is 0 Å². The molecule has 24 heavy (non-hydrogen) atoms. The first kappa shape index (κ1) is 17.7. The van der Waals surface area contributed by atoms with Gasteiger partial charge < -0.3 is 19.7 Å². The molecule has 2 amide bonds. The van der Waals surface area contributed by atoms with Crippen LogP contribution < -0.4 is 10.0 Å². The minimum Gasteiger partial charge on any atom is -0.496 e. The van der Waals surface area contributed by atoms with Crippen LogP contribution in [0.4, 0.5) is 16.2 Å². The molecular formula is C18H21N3O2S. The molecule has 0 spiro atoms. The molecule has 1 heterocycles.